The van der Waals surface area contributed by atoms with Crippen molar-refractivity contribution in [3.05, 3.63) is 39.3 Å². The third-order valence-electron chi connectivity index (χ3n) is 4.68. The van der Waals surface area contributed by atoms with Gasteiger partial charge in [0.05, 0.1) is 24.9 Å². The number of ether oxygens (including phenoxy) is 2. The lowest BCUT2D eigenvalue weighted by atomic mass is 9.98. The maximum Gasteiger partial charge on any atom is 0.161 e. The third-order valence-corrected chi connectivity index (χ3v) is 5.73. The quantitative estimate of drug-likeness (QED) is 0.839. The van der Waals surface area contributed by atoms with E-state index in [-0.39, 0.29) is 0 Å². The fourth-order valence-electron chi connectivity index (χ4n) is 3.22. The van der Waals surface area contributed by atoms with Gasteiger partial charge >= 0.3 is 0 Å². The smallest absolute Gasteiger partial charge is 0.161 e. The topological polar surface area (TPSA) is 34.6 Å². The van der Waals surface area contributed by atoms with Crippen LogP contribution in [0.4, 0.5) is 0 Å². The molecule has 0 saturated heterocycles. The number of benzene rings is 1. The lowest BCUT2D eigenvalue weighted by molar-refractivity contribution is 0.241. The summed E-state index contributed by atoms with van der Waals surface area (Å²) in [6, 6.07) is 4.25. The molecular formula is C18H22N2O2S. The van der Waals surface area contributed by atoms with Crippen LogP contribution in [0.25, 0.3) is 0 Å². The number of hydrogen-bond donors (Lipinski definition) is 0. The van der Waals surface area contributed by atoms with Crippen LogP contribution in [0.15, 0.2) is 17.5 Å². The molecule has 1 aliphatic heterocycles. The minimum atomic E-state index is 0.757. The number of fused-ring (bicyclic) bond motifs is 1. The van der Waals surface area contributed by atoms with Crippen molar-refractivity contribution in [2.45, 2.75) is 38.3 Å². The predicted molar refractivity (Wildman–Crippen MR) is 91.5 cm³/mol. The first-order chi connectivity index (χ1) is 11.3. The summed E-state index contributed by atoms with van der Waals surface area (Å²) in [6.07, 6.45) is 3.70. The van der Waals surface area contributed by atoms with Crippen LogP contribution in [0, 0.1) is 0 Å². The molecule has 2 heterocycles. The summed E-state index contributed by atoms with van der Waals surface area (Å²) in [7, 11) is 3.39. The van der Waals surface area contributed by atoms with Crippen LogP contribution >= 0.6 is 11.3 Å². The Hall–Kier alpha value is -1.59. The van der Waals surface area contributed by atoms with Crippen molar-refractivity contribution in [2.24, 2.45) is 0 Å². The Bertz CT molecular complexity index is 709. The highest BCUT2D eigenvalue weighted by Gasteiger charge is 2.27. The molecular weight excluding hydrogens is 308 g/mol. The van der Waals surface area contributed by atoms with Gasteiger partial charge in [-0.25, -0.2) is 4.98 Å². The van der Waals surface area contributed by atoms with E-state index in [0.717, 1.165) is 43.5 Å². The van der Waals surface area contributed by atoms with Crippen LogP contribution in [0.3, 0.4) is 0 Å². The number of methoxy groups -OCH3 is 2. The molecule has 0 spiro atoms. The third kappa shape index (κ3) is 3.08. The molecule has 122 valence electrons. The number of thiazole rings is 1. The average molecular weight is 330 g/mol. The molecule has 0 radical (unpaired) electrons. The molecule has 0 amide bonds. The van der Waals surface area contributed by atoms with Gasteiger partial charge < -0.3 is 9.47 Å². The molecule has 1 fully saturated rings. The van der Waals surface area contributed by atoms with Crippen LogP contribution in [-0.4, -0.2) is 30.6 Å². The molecule has 1 saturated carbocycles. The summed E-state index contributed by atoms with van der Waals surface area (Å²) in [5.41, 5.74) is 3.93. The summed E-state index contributed by atoms with van der Waals surface area (Å²) >= 11 is 1.83. The van der Waals surface area contributed by atoms with Gasteiger partial charge in [-0.1, -0.05) is 0 Å². The van der Waals surface area contributed by atoms with Gasteiger partial charge in [0.25, 0.3) is 0 Å². The van der Waals surface area contributed by atoms with E-state index in [0.29, 0.717) is 0 Å². The molecule has 1 aromatic carbocycles. The van der Waals surface area contributed by atoms with E-state index < -0.39 is 0 Å². The van der Waals surface area contributed by atoms with Crippen LogP contribution < -0.4 is 9.47 Å². The van der Waals surface area contributed by atoms with Crippen LogP contribution in [0.1, 0.15) is 40.6 Å². The predicted octanol–water partition coefficient (Wildman–Crippen LogP) is 3.60. The van der Waals surface area contributed by atoms with Gasteiger partial charge in [-0.3, -0.25) is 4.90 Å². The van der Waals surface area contributed by atoms with Gasteiger partial charge in [0.2, 0.25) is 0 Å². The maximum absolute atomic E-state index is 5.44. The first-order valence-corrected chi connectivity index (χ1v) is 9.05. The Labute approximate surface area is 141 Å². The van der Waals surface area contributed by atoms with Crippen LogP contribution in [-0.2, 0) is 19.5 Å². The zero-order valence-corrected chi connectivity index (χ0v) is 14.5. The van der Waals surface area contributed by atoms with E-state index in [4.69, 9.17) is 14.5 Å². The van der Waals surface area contributed by atoms with Crippen molar-refractivity contribution < 1.29 is 9.47 Å². The van der Waals surface area contributed by atoms with Gasteiger partial charge in [0.1, 0.15) is 0 Å². The lowest BCUT2D eigenvalue weighted by Crippen LogP contribution is -2.30. The number of hydrogen-bond acceptors (Lipinski definition) is 5. The fraction of sp³-hybridized carbons (Fsp3) is 0.500. The highest BCUT2D eigenvalue weighted by molar-refractivity contribution is 7.09. The highest BCUT2D eigenvalue weighted by atomic mass is 32.1. The van der Waals surface area contributed by atoms with Crippen LogP contribution in [0.5, 0.6) is 11.5 Å². The molecule has 0 unspecified atom stereocenters. The Kier molecular flexibility index (Phi) is 3.99. The SMILES string of the molecule is COc1cc2c(cc1OC)CN(Cc1csc(C3CC3)n1)CC2. The van der Waals surface area contributed by atoms with Crippen molar-refractivity contribution >= 4 is 11.3 Å². The van der Waals surface area contributed by atoms with E-state index in [1.54, 1.807) is 14.2 Å². The normalized spacial score (nSPS) is 17.8. The number of rotatable bonds is 5. The second-order valence-corrected chi connectivity index (χ2v) is 7.28. The standard InChI is InChI=1S/C18H22N2O2S/c1-21-16-7-13-5-6-20(9-14(13)8-17(16)22-2)10-15-11-23-18(19-15)12-3-4-12/h7-8,11-12H,3-6,9-10H2,1-2H3. The zero-order chi connectivity index (χ0) is 15.8. The summed E-state index contributed by atoms with van der Waals surface area (Å²) < 4.78 is 10.8. The van der Waals surface area contributed by atoms with Gasteiger partial charge in [0, 0.05) is 30.9 Å². The van der Waals surface area contributed by atoms with Gasteiger partial charge in [-0.2, -0.15) is 0 Å². The highest BCUT2D eigenvalue weighted by Crippen LogP contribution is 2.41. The van der Waals surface area contributed by atoms with Crippen molar-refractivity contribution in [2.75, 3.05) is 20.8 Å². The molecule has 2 aromatic rings. The van der Waals surface area contributed by atoms with Gasteiger partial charge in [-0.05, 0) is 42.5 Å². The maximum atomic E-state index is 5.44. The molecule has 2 aliphatic rings. The second kappa shape index (κ2) is 6.13. The van der Waals surface area contributed by atoms with Gasteiger partial charge in [-0.15, -0.1) is 11.3 Å². The largest absolute Gasteiger partial charge is 0.493 e. The Morgan fingerprint density at radius 3 is 2.61 bits per heavy atom. The zero-order valence-electron chi connectivity index (χ0n) is 13.7. The average Bonchev–Trinajstić information content (AvgIpc) is 3.33. The summed E-state index contributed by atoms with van der Waals surface area (Å²) in [6.45, 7) is 2.96. The fourth-order valence-corrected chi connectivity index (χ4v) is 4.20. The minimum absolute atomic E-state index is 0.757. The lowest BCUT2D eigenvalue weighted by Gasteiger charge is -2.29. The van der Waals surface area contributed by atoms with Crippen molar-refractivity contribution in [3.63, 3.8) is 0 Å². The molecule has 0 N–H and O–H groups in total. The molecule has 4 nitrogen and oxygen atoms in total. The molecule has 0 bridgehead atoms. The Morgan fingerprint density at radius 1 is 1.17 bits per heavy atom. The Balaban J connectivity index is 1.48. The first-order valence-electron chi connectivity index (χ1n) is 8.17. The van der Waals surface area contributed by atoms with E-state index in [1.165, 1.54) is 34.7 Å². The Morgan fingerprint density at radius 2 is 1.91 bits per heavy atom. The van der Waals surface area contributed by atoms with Crippen LogP contribution in [0.2, 0.25) is 0 Å². The number of nitrogens with zero attached hydrogens (tertiary/aromatic N) is 2. The molecule has 23 heavy (non-hydrogen) atoms. The van der Waals surface area contributed by atoms with Crippen molar-refractivity contribution in [1.82, 2.24) is 9.88 Å². The monoisotopic (exact) mass is 330 g/mol. The van der Waals surface area contributed by atoms with E-state index in [1.807, 2.05) is 11.3 Å². The molecule has 1 aromatic heterocycles. The van der Waals surface area contributed by atoms with E-state index in [9.17, 15) is 0 Å². The van der Waals surface area contributed by atoms with E-state index >= 15 is 0 Å². The molecule has 1 aliphatic carbocycles. The number of aromatic nitrogens is 1. The second-order valence-electron chi connectivity index (χ2n) is 6.39. The molecule has 5 heteroatoms. The summed E-state index contributed by atoms with van der Waals surface area (Å²) in [4.78, 5) is 7.29. The molecule has 4 rings (SSSR count). The summed E-state index contributed by atoms with van der Waals surface area (Å²) in [5, 5.41) is 3.57. The molecule has 0 atom stereocenters. The van der Waals surface area contributed by atoms with Gasteiger partial charge in [0.15, 0.2) is 11.5 Å². The summed E-state index contributed by atoms with van der Waals surface area (Å²) in [5.74, 6) is 2.40. The van der Waals surface area contributed by atoms with Crippen molar-refractivity contribution in [3.8, 4) is 11.5 Å². The minimum Gasteiger partial charge on any atom is -0.493 e. The van der Waals surface area contributed by atoms with E-state index in [2.05, 4.69) is 22.4 Å². The van der Waals surface area contributed by atoms with Crippen molar-refractivity contribution in [1.29, 1.82) is 0 Å². The first kappa shape index (κ1) is 15.0.